The van der Waals surface area contributed by atoms with Crippen molar-refractivity contribution < 1.29 is 16.8 Å². The normalized spacial score (nSPS) is 12.3. The van der Waals surface area contributed by atoms with E-state index in [9.17, 15) is 16.8 Å². The average molecular weight is 359 g/mol. The summed E-state index contributed by atoms with van der Waals surface area (Å²) in [6.07, 6.45) is 2.89. The van der Waals surface area contributed by atoms with Gasteiger partial charge in [-0.2, -0.15) is 0 Å². The van der Waals surface area contributed by atoms with Crippen molar-refractivity contribution in [1.82, 2.24) is 0 Å². The summed E-state index contributed by atoms with van der Waals surface area (Å²) in [5.74, 6) is 0. The van der Waals surface area contributed by atoms with Gasteiger partial charge in [0.25, 0.3) is 0 Å². The van der Waals surface area contributed by atoms with E-state index < -0.39 is 19.7 Å². The highest BCUT2D eigenvalue weighted by Gasteiger charge is 2.17. The summed E-state index contributed by atoms with van der Waals surface area (Å²) < 4.78 is 46.9. The average Bonchev–Trinajstić information content (AvgIpc) is 2.89. The van der Waals surface area contributed by atoms with E-state index in [0.29, 0.717) is 12.2 Å². The van der Waals surface area contributed by atoms with Crippen LogP contribution >= 0.6 is 11.3 Å². The number of hydrogen-bond acceptors (Lipinski definition) is 6. The van der Waals surface area contributed by atoms with Crippen LogP contribution in [0.15, 0.2) is 45.5 Å². The molecule has 0 saturated heterocycles. The Morgan fingerprint density at radius 3 is 2.32 bits per heavy atom. The molecule has 0 radical (unpaired) electrons. The summed E-state index contributed by atoms with van der Waals surface area (Å²) >= 11 is 1.64. The number of hydrogen-bond donors (Lipinski definition) is 1. The number of nitrogens with one attached hydrogen (secondary N) is 1. The van der Waals surface area contributed by atoms with Gasteiger partial charge in [-0.3, -0.25) is 0 Å². The van der Waals surface area contributed by atoms with E-state index in [1.54, 1.807) is 11.3 Å². The van der Waals surface area contributed by atoms with Gasteiger partial charge in [0.15, 0.2) is 19.7 Å². The minimum absolute atomic E-state index is 0.00149. The summed E-state index contributed by atoms with van der Waals surface area (Å²) in [7, 11) is -6.97. The fraction of sp³-hybridized carbons (Fsp3) is 0.286. The molecule has 5 nitrogen and oxygen atoms in total. The molecule has 0 fully saturated rings. The minimum Gasteiger partial charge on any atom is -0.384 e. The highest BCUT2D eigenvalue weighted by molar-refractivity contribution is 7.91. The molecule has 1 aromatic carbocycles. The molecule has 0 aliphatic carbocycles. The molecule has 0 bridgehead atoms. The summed E-state index contributed by atoms with van der Waals surface area (Å²) in [6.45, 7) is 0.571. The monoisotopic (exact) mass is 359 g/mol. The Kier molecular flexibility index (Phi) is 4.93. The lowest BCUT2D eigenvalue weighted by Crippen LogP contribution is -2.10. The van der Waals surface area contributed by atoms with Gasteiger partial charge in [-0.15, -0.1) is 11.3 Å². The first kappa shape index (κ1) is 17.0. The van der Waals surface area contributed by atoms with Gasteiger partial charge in [-0.05, 0) is 36.1 Å². The maximum Gasteiger partial charge on any atom is 0.177 e. The SMILES string of the molecule is CS(=O)(=O)c1ccc(NCCc2cccs2)c(S(C)(=O)=O)c1. The van der Waals surface area contributed by atoms with Crippen LogP contribution < -0.4 is 5.32 Å². The molecule has 0 atom stereocenters. The maximum atomic E-state index is 11.9. The lowest BCUT2D eigenvalue weighted by atomic mass is 10.3. The second-order valence-corrected chi connectivity index (χ2v) is 9.99. The van der Waals surface area contributed by atoms with E-state index in [1.807, 2.05) is 17.5 Å². The molecular formula is C14H17NO4S3. The quantitative estimate of drug-likeness (QED) is 0.855. The fourth-order valence-corrected chi connectivity index (χ4v) is 4.27. The Hall–Kier alpha value is -1.38. The molecule has 0 amide bonds. The summed E-state index contributed by atoms with van der Waals surface area (Å²) in [6, 6.07) is 8.09. The van der Waals surface area contributed by atoms with Crippen molar-refractivity contribution in [3.63, 3.8) is 0 Å². The number of thiophene rings is 1. The molecule has 0 aliphatic rings. The van der Waals surface area contributed by atoms with Crippen LogP contribution in [0.5, 0.6) is 0 Å². The van der Waals surface area contributed by atoms with Crippen LogP contribution in [-0.4, -0.2) is 35.9 Å². The Labute approximate surface area is 134 Å². The van der Waals surface area contributed by atoms with Crippen molar-refractivity contribution in [2.75, 3.05) is 24.4 Å². The lowest BCUT2D eigenvalue weighted by molar-refractivity contribution is 0.600. The van der Waals surface area contributed by atoms with Gasteiger partial charge in [0.2, 0.25) is 0 Å². The van der Waals surface area contributed by atoms with Gasteiger partial charge in [-0.25, -0.2) is 16.8 Å². The van der Waals surface area contributed by atoms with Gasteiger partial charge in [0.05, 0.1) is 15.5 Å². The first-order valence-corrected chi connectivity index (χ1v) is 11.1. The molecule has 1 heterocycles. The first-order valence-electron chi connectivity index (χ1n) is 6.48. The van der Waals surface area contributed by atoms with Crippen molar-refractivity contribution >= 4 is 36.7 Å². The second kappa shape index (κ2) is 6.39. The van der Waals surface area contributed by atoms with E-state index >= 15 is 0 Å². The van der Waals surface area contributed by atoms with Crippen LogP contribution in [0.4, 0.5) is 5.69 Å². The van der Waals surface area contributed by atoms with Gasteiger partial charge < -0.3 is 5.32 Å². The lowest BCUT2D eigenvalue weighted by Gasteiger charge is -2.12. The minimum atomic E-state index is -3.52. The molecule has 8 heteroatoms. The molecule has 0 spiro atoms. The summed E-state index contributed by atoms with van der Waals surface area (Å²) in [5.41, 5.74) is 0.423. The Morgan fingerprint density at radius 1 is 1.05 bits per heavy atom. The predicted molar refractivity (Wildman–Crippen MR) is 89.2 cm³/mol. The van der Waals surface area contributed by atoms with Crippen LogP contribution in [0.3, 0.4) is 0 Å². The summed E-state index contributed by atoms with van der Waals surface area (Å²) in [5, 5.41) is 5.05. The Bertz CT molecular complexity index is 853. The van der Waals surface area contributed by atoms with Crippen molar-refractivity contribution in [2.45, 2.75) is 16.2 Å². The third kappa shape index (κ3) is 4.31. The van der Waals surface area contributed by atoms with Crippen LogP contribution in [0.25, 0.3) is 0 Å². The topological polar surface area (TPSA) is 80.3 Å². The van der Waals surface area contributed by atoms with Gasteiger partial charge in [-0.1, -0.05) is 6.07 Å². The first-order chi connectivity index (χ1) is 10.2. The van der Waals surface area contributed by atoms with E-state index in [2.05, 4.69) is 5.32 Å². The zero-order chi connectivity index (χ0) is 16.4. The third-order valence-corrected chi connectivity index (χ3v) is 6.23. The van der Waals surface area contributed by atoms with Crippen molar-refractivity contribution in [3.8, 4) is 0 Å². The molecule has 1 N–H and O–H groups in total. The number of benzene rings is 1. The van der Waals surface area contributed by atoms with Gasteiger partial charge in [0.1, 0.15) is 0 Å². The molecule has 120 valence electrons. The standard InChI is InChI=1S/C14H17NO4S3/c1-21(16,17)12-5-6-13(14(10-12)22(2,18)19)15-8-7-11-4-3-9-20-11/h3-6,9-10,15H,7-8H2,1-2H3. The van der Waals surface area contributed by atoms with E-state index in [4.69, 9.17) is 0 Å². The van der Waals surface area contributed by atoms with Crippen LogP contribution in [0.1, 0.15) is 4.88 Å². The maximum absolute atomic E-state index is 11.9. The molecule has 0 aliphatic heterocycles. The van der Waals surface area contributed by atoms with Crippen LogP contribution in [0.2, 0.25) is 0 Å². The molecule has 22 heavy (non-hydrogen) atoms. The zero-order valence-electron chi connectivity index (χ0n) is 12.2. The van der Waals surface area contributed by atoms with Crippen LogP contribution in [-0.2, 0) is 26.1 Å². The zero-order valence-corrected chi connectivity index (χ0v) is 14.7. The summed E-state index contributed by atoms with van der Waals surface area (Å²) in [4.78, 5) is 1.19. The van der Waals surface area contributed by atoms with E-state index in [-0.39, 0.29) is 9.79 Å². The number of anilines is 1. The highest BCUT2D eigenvalue weighted by atomic mass is 32.2. The second-order valence-electron chi connectivity index (χ2n) is 4.96. The van der Waals surface area contributed by atoms with Crippen molar-refractivity contribution in [1.29, 1.82) is 0 Å². The van der Waals surface area contributed by atoms with Gasteiger partial charge in [0, 0.05) is 23.9 Å². The molecule has 0 unspecified atom stereocenters. The molecule has 1 aromatic heterocycles. The van der Waals surface area contributed by atoms with E-state index in [0.717, 1.165) is 18.9 Å². The predicted octanol–water partition coefficient (Wildman–Crippen LogP) is 2.21. The highest BCUT2D eigenvalue weighted by Crippen LogP contribution is 2.25. The molecule has 0 saturated carbocycles. The third-order valence-electron chi connectivity index (χ3n) is 3.05. The van der Waals surface area contributed by atoms with Crippen molar-refractivity contribution in [2.24, 2.45) is 0 Å². The van der Waals surface area contributed by atoms with Crippen molar-refractivity contribution in [3.05, 3.63) is 40.6 Å². The largest absolute Gasteiger partial charge is 0.384 e. The number of rotatable bonds is 6. The Morgan fingerprint density at radius 2 is 1.77 bits per heavy atom. The Balaban J connectivity index is 2.27. The fourth-order valence-electron chi connectivity index (χ4n) is 1.96. The smallest absolute Gasteiger partial charge is 0.177 e. The number of sulfone groups is 2. The molecule has 2 aromatic rings. The molecular weight excluding hydrogens is 342 g/mol. The van der Waals surface area contributed by atoms with Gasteiger partial charge >= 0.3 is 0 Å². The van der Waals surface area contributed by atoms with E-state index in [1.165, 1.54) is 23.1 Å². The molecule has 2 rings (SSSR count). The van der Waals surface area contributed by atoms with Crippen LogP contribution in [0, 0.1) is 0 Å².